The Bertz CT molecular complexity index is 888. The summed E-state index contributed by atoms with van der Waals surface area (Å²) >= 11 is 1.66. The van der Waals surface area contributed by atoms with Gasteiger partial charge in [0.1, 0.15) is 7.05 Å². The lowest BCUT2D eigenvalue weighted by Gasteiger charge is -2.07. The summed E-state index contributed by atoms with van der Waals surface area (Å²) < 4.78 is 4.23. The molecule has 0 radical (unpaired) electrons. The summed E-state index contributed by atoms with van der Waals surface area (Å²) in [6.45, 7) is 4.19. The Morgan fingerprint density at radius 1 is 1.18 bits per heavy atom. The van der Waals surface area contributed by atoms with E-state index in [0.717, 1.165) is 22.6 Å². The van der Waals surface area contributed by atoms with Crippen LogP contribution in [0.15, 0.2) is 47.4 Å². The Kier molecular flexibility index (Phi) is 3.74. The van der Waals surface area contributed by atoms with Crippen LogP contribution in [0.25, 0.3) is 16.9 Å². The van der Waals surface area contributed by atoms with Gasteiger partial charge in [-0.25, -0.2) is 0 Å². The Balaban J connectivity index is 2.31. The maximum absolute atomic E-state index is 9.40. The number of nitrogens with zero attached hydrogens (tertiary/aromatic N) is 3. The highest BCUT2D eigenvalue weighted by Crippen LogP contribution is 2.26. The molecule has 0 amide bonds. The highest BCUT2D eigenvalue weighted by molar-refractivity contribution is 7.07. The molecule has 0 spiro atoms. The van der Waals surface area contributed by atoms with Crippen LogP contribution in [0.1, 0.15) is 16.8 Å². The van der Waals surface area contributed by atoms with Gasteiger partial charge in [0, 0.05) is 30.7 Å². The molecule has 0 aliphatic rings. The minimum Gasteiger partial charge on any atom is -0.192 e. The largest absolute Gasteiger partial charge is 0.224 e. The molecular weight excluding hydrogens is 290 g/mol. The van der Waals surface area contributed by atoms with E-state index in [-0.39, 0.29) is 0 Å². The summed E-state index contributed by atoms with van der Waals surface area (Å²) in [5.41, 5.74) is 8.35. The van der Waals surface area contributed by atoms with Crippen LogP contribution >= 0.6 is 11.3 Å². The van der Waals surface area contributed by atoms with Crippen LogP contribution in [-0.2, 0) is 7.05 Å². The molecule has 0 saturated heterocycles. The van der Waals surface area contributed by atoms with Crippen molar-refractivity contribution in [1.82, 2.24) is 0 Å². The Morgan fingerprint density at radius 2 is 2.00 bits per heavy atom. The van der Waals surface area contributed by atoms with Gasteiger partial charge in [-0.05, 0) is 13.0 Å². The van der Waals surface area contributed by atoms with Gasteiger partial charge in [-0.1, -0.05) is 17.4 Å². The third kappa shape index (κ3) is 2.40. The molecule has 3 nitrogen and oxygen atoms in total. The molecule has 4 heteroatoms. The number of pyridine rings is 1. The van der Waals surface area contributed by atoms with Crippen molar-refractivity contribution in [3.05, 3.63) is 64.2 Å². The van der Waals surface area contributed by atoms with Gasteiger partial charge in [0.05, 0.1) is 22.6 Å². The molecule has 0 N–H and O–H groups in total. The topological polar surface area (TPSA) is 31.5 Å². The molecule has 3 rings (SSSR count). The second-order valence-electron chi connectivity index (χ2n) is 5.35. The summed E-state index contributed by atoms with van der Waals surface area (Å²) in [6, 6.07) is 12.3. The Hall–Kier alpha value is -2.51. The second kappa shape index (κ2) is 5.70. The Morgan fingerprint density at radius 3 is 2.64 bits per heavy atom. The van der Waals surface area contributed by atoms with E-state index in [9.17, 15) is 5.26 Å². The van der Waals surface area contributed by atoms with Crippen molar-refractivity contribution in [3.8, 4) is 23.0 Å². The van der Waals surface area contributed by atoms with E-state index in [2.05, 4.69) is 46.0 Å². The van der Waals surface area contributed by atoms with E-state index >= 15 is 0 Å². The Labute approximate surface area is 134 Å². The van der Waals surface area contributed by atoms with Gasteiger partial charge >= 0.3 is 0 Å². The van der Waals surface area contributed by atoms with Crippen molar-refractivity contribution in [1.29, 1.82) is 5.26 Å². The van der Waals surface area contributed by atoms with Crippen LogP contribution in [0.2, 0.25) is 0 Å². The summed E-state index contributed by atoms with van der Waals surface area (Å²) in [5, 5.41) is 11.5. The summed E-state index contributed by atoms with van der Waals surface area (Å²) in [5.74, 6) is 0. The van der Waals surface area contributed by atoms with E-state index in [4.69, 9.17) is 0 Å². The van der Waals surface area contributed by atoms with Gasteiger partial charge in [-0.2, -0.15) is 14.4 Å². The van der Waals surface area contributed by atoms with Gasteiger partial charge in [0.15, 0.2) is 11.9 Å². The number of thiazole rings is 1. The minimum atomic E-state index is 0.678. The molecule has 0 aliphatic carbocycles. The molecule has 0 unspecified atom stereocenters. The highest BCUT2D eigenvalue weighted by Gasteiger charge is 2.22. The molecule has 2 heterocycles. The molecule has 22 heavy (non-hydrogen) atoms. The number of hydrogen-bond donors (Lipinski definition) is 0. The molecule has 1 aromatic carbocycles. The van der Waals surface area contributed by atoms with E-state index in [0.29, 0.717) is 5.56 Å². The lowest BCUT2D eigenvalue weighted by molar-refractivity contribution is -0.655. The normalized spacial score (nSPS) is 10.5. The van der Waals surface area contributed by atoms with Crippen LogP contribution in [0.5, 0.6) is 0 Å². The molecule has 0 aliphatic heterocycles. The van der Waals surface area contributed by atoms with Crippen LogP contribution in [-0.4, -0.2) is 0 Å². The average molecular weight is 307 g/mol. The molecule has 108 valence electrons. The lowest BCUT2D eigenvalue weighted by Crippen LogP contribution is -2.35. The smallest absolute Gasteiger partial charge is 0.192 e. The fourth-order valence-corrected chi connectivity index (χ4v) is 3.44. The zero-order valence-electron chi connectivity index (χ0n) is 12.9. The fraction of sp³-hybridized carbons (Fsp3) is 0.167. The number of rotatable bonds is 2. The first-order chi connectivity index (χ1) is 10.6. The first-order valence-corrected chi connectivity index (χ1v) is 8.00. The van der Waals surface area contributed by atoms with Crippen molar-refractivity contribution in [2.45, 2.75) is 13.8 Å². The predicted octanol–water partition coefficient (Wildman–Crippen LogP) is 3.00. The number of aryl methyl sites for hydroxylation is 2. The second-order valence-corrected chi connectivity index (χ2v) is 6.07. The monoisotopic (exact) mass is 307 g/mol. The number of benzene rings is 1. The van der Waals surface area contributed by atoms with Gasteiger partial charge in [-0.15, -0.1) is 0 Å². The van der Waals surface area contributed by atoms with Crippen molar-refractivity contribution >= 4 is 11.3 Å². The number of hydrogen-bond acceptors (Lipinski definition) is 2. The summed E-state index contributed by atoms with van der Waals surface area (Å²) in [6.07, 6.45) is 2.04. The lowest BCUT2D eigenvalue weighted by atomic mass is 10.0. The summed E-state index contributed by atoms with van der Waals surface area (Å²) in [4.78, 5) is 0. The molecular formula is C18H17N3S+2. The first-order valence-electron chi connectivity index (χ1n) is 7.06. The van der Waals surface area contributed by atoms with Gasteiger partial charge < -0.3 is 0 Å². The fourth-order valence-electron chi connectivity index (χ4n) is 2.66. The molecule has 3 aromatic rings. The zero-order chi connectivity index (χ0) is 15.7. The third-order valence-electron chi connectivity index (χ3n) is 3.89. The standard InChI is InChI=1S/C18H17N3S/c1-13-6-4-5-7-21(13)17-9-15(10-19)8-16(14(17)2)18-11-22-12-20(18)3/h4-9,11-12H,1-3H3/q+2. The van der Waals surface area contributed by atoms with Crippen molar-refractivity contribution in [2.24, 2.45) is 7.05 Å². The average Bonchev–Trinajstić information content (AvgIpc) is 2.94. The van der Waals surface area contributed by atoms with Gasteiger partial charge in [0.25, 0.3) is 0 Å². The molecule has 2 aromatic heterocycles. The van der Waals surface area contributed by atoms with Crippen LogP contribution in [0.4, 0.5) is 0 Å². The third-order valence-corrected chi connectivity index (χ3v) is 4.68. The predicted molar refractivity (Wildman–Crippen MR) is 86.7 cm³/mol. The molecule has 0 bridgehead atoms. The SMILES string of the molecule is Cc1c(-c2csc[n+]2C)cc(C#N)cc1-[n+]1ccccc1C. The van der Waals surface area contributed by atoms with Crippen molar-refractivity contribution < 1.29 is 9.13 Å². The quantitative estimate of drug-likeness (QED) is 0.670. The number of nitriles is 1. The highest BCUT2D eigenvalue weighted by atomic mass is 32.1. The van der Waals surface area contributed by atoms with Gasteiger partial charge in [-0.3, -0.25) is 0 Å². The maximum Gasteiger partial charge on any atom is 0.224 e. The molecule has 0 atom stereocenters. The maximum atomic E-state index is 9.40. The van der Waals surface area contributed by atoms with Crippen molar-refractivity contribution in [3.63, 3.8) is 0 Å². The van der Waals surface area contributed by atoms with Gasteiger partial charge in [0.2, 0.25) is 16.9 Å². The van der Waals surface area contributed by atoms with Crippen LogP contribution < -0.4 is 9.13 Å². The van der Waals surface area contributed by atoms with E-state index < -0.39 is 0 Å². The van der Waals surface area contributed by atoms with Crippen LogP contribution in [0.3, 0.4) is 0 Å². The molecule has 0 saturated carbocycles. The molecule has 0 fully saturated rings. The van der Waals surface area contributed by atoms with Crippen molar-refractivity contribution in [2.75, 3.05) is 0 Å². The number of aromatic nitrogens is 2. The van der Waals surface area contributed by atoms with E-state index in [1.54, 1.807) is 11.3 Å². The summed E-state index contributed by atoms with van der Waals surface area (Å²) in [7, 11) is 2.03. The van der Waals surface area contributed by atoms with E-state index in [1.807, 2.05) is 37.5 Å². The minimum absolute atomic E-state index is 0.678. The van der Waals surface area contributed by atoms with E-state index in [1.165, 1.54) is 5.56 Å². The van der Waals surface area contributed by atoms with Crippen LogP contribution in [0, 0.1) is 25.2 Å². The zero-order valence-corrected chi connectivity index (χ0v) is 13.7. The first kappa shape index (κ1) is 14.4.